The summed E-state index contributed by atoms with van der Waals surface area (Å²) < 4.78 is 5.59. The highest BCUT2D eigenvalue weighted by Gasteiger charge is 2.12. The maximum absolute atomic E-state index is 12.3. The van der Waals surface area contributed by atoms with Gasteiger partial charge in [0.1, 0.15) is 5.69 Å². The number of carbonyl (C=O) groups is 1. The van der Waals surface area contributed by atoms with Crippen molar-refractivity contribution < 1.29 is 9.32 Å². The average Bonchev–Trinajstić information content (AvgIpc) is 3.33. The van der Waals surface area contributed by atoms with Gasteiger partial charge in [-0.25, -0.2) is 0 Å². The third-order valence-electron chi connectivity index (χ3n) is 5.23. The Morgan fingerprint density at radius 3 is 2.58 bits per heavy atom. The van der Waals surface area contributed by atoms with Crippen LogP contribution in [0.3, 0.4) is 0 Å². The van der Waals surface area contributed by atoms with Gasteiger partial charge in [-0.15, -0.1) is 0 Å². The van der Waals surface area contributed by atoms with Crippen molar-refractivity contribution in [2.75, 3.05) is 6.54 Å². The van der Waals surface area contributed by atoms with Gasteiger partial charge < -0.3 is 15.2 Å². The van der Waals surface area contributed by atoms with E-state index in [1.54, 1.807) is 12.3 Å². The van der Waals surface area contributed by atoms with Gasteiger partial charge in [0.15, 0.2) is 5.76 Å². The summed E-state index contributed by atoms with van der Waals surface area (Å²) in [7, 11) is 0. The molecule has 2 aromatic heterocycles. The van der Waals surface area contributed by atoms with Crippen molar-refractivity contribution in [1.29, 1.82) is 0 Å². The second-order valence-corrected chi connectivity index (χ2v) is 8.27. The summed E-state index contributed by atoms with van der Waals surface area (Å²) in [4.78, 5) is 16.4. The van der Waals surface area contributed by atoms with Crippen LogP contribution in [0.4, 0.5) is 0 Å². The van der Waals surface area contributed by atoms with Gasteiger partial charge in [0, 0.05) is 47.7 Å². The lowest BCUT2D eigenvalue weighted by Crippen LogP contribution is -2.30. The van der Waals surface area contributed by atoms with E-state index in [9.17, 15) is 4.79 Å². The minimum absolute atomic E-state index is 0.0825. The first-order chi connectivity index (χ1) is 16.1. The molecule has 4 rings (SSSR count). The molecule has 0 aliphatic carbocycles. The molecule has 0 unspecified atom stereocenters. The van der Waals surface area contributed by atoms with E-state index in [0.717, 1.165) is 30.6 Å². The summed E-state index contributed by atoms with van der Waals surface area (Å²) >= 11 is 0. The van der Waals surface area contributed by atoms with Crippen LogP contribution in [0.1, 0.15) is 35.3 Å². The molecule has 0 bridgehead atoms. The molecule has 0 radical (unpaired) electrons. The number of aromatic nitrogens is 2. The lowest BCUT2D eigenvalue weighted by atomic mass is 10.1. The number of nitrogens with one attached hydrogen (secondary N) is 2. The van der Waals surface area contributed by atoms with E-state index < -0.39 is 0 Å². The summed E-state index contributed by atoms with van der Waals surface area (Å²) in [5, 5.41) is 10.6. The number of hydrogen-bond acceptors (Lipinski definition) is 5. The van der Waals surface area contributed by atoms with Crippen molar-refractivity contribution in [3.63, 3.8) is 0 Å². The SMILES string of the molecule is CC(C)NC(=O)c1cccc(-c2cc(-c3ccc(CNCCc4cccnc4)cc3)on2)c1. The number of carbonyl (C=O) groups excluding carboxylic acids is 1. The van der Waals surface area contributed by atoms with Crippen LogP contribution in [0.15, 0.2) is 83.6 Å². The van der Waals surface area contributed by atoms with Crippen LogP contribution < -0.4 is 10.6 Å². The molecule has 2 aromatic carbocycles. The molecule has 6 nitrogen and oxygen atoms in total. The first-order valence-corrected chi connectivity index (χ1v) is 11.2. The van der Waals surface area contributed by atoms with Crippen molar-refractivity contribution >= 4 is 5.91 Å². The van der Waals surface area contributed by atoms with Crippen molar-refractivity contribution in [3.05, 3.63) is 95.8 Å². The third kappa shape index (κ3) is 6.14. The molecule has 0 saturated heterocycles. The van der Waals surface area contributed by atoms with Gasteiger partial charge in [0.25, 0.3) is 5.91 Å². The van der Waals surface area contributed by atoms with Crippen molar-refractivity contribution in [3.8, 4) is 22.6 Å². The van der Waals surface area contributed by atoms with Crippen LogP contribution >= 0.6 is 0 Å². The second kappa shape index (κ2) is 10.7. The molecular formula is C27H28N4O2. The second-order valence-electron chi connectivity index (χ2n) is 8.27. The molecule has 0 aliphatic rings. The molecule has 0 aliphatic heterocycles. The van der Waals surface area contributed by atoms with Gasteiger partial charge in [-0.2, -0.15) is 0 Å². The van der Waals surface area contributed by atoms with E-state index in [1.165, 1.54) is 11.1 Å². The van der Waals surface area contributed by atoms with E-state index in [0.29, 0.717) is 17.0 Å². The standard InChI is InChI=1S/C27H28N4O2/c1-19(2)30-27(32)24-7-3-6-23(15-24)25-16-26(33-31-25)22-10-8-21(9-11-22)18-29-14-12-20-5-4-13-28-17-20/h3-11,13,15-17,19,29H,12,14,18H2,1-2H3,(H,30,32). The molecular weight excluding hydrogens is 412 g/mol. The minimum atomic E-state index is -0.0970. The lowest BCUT2D eigenvalue weighted by molar-refractivity contribution is 0.0943. The summed E-state index contributed by atoms with van der Waals surface area (Å²) in [6.45, 7) is 5.57. The predicted octanol–water partition coefficient (Wildman–Crippen LogP) is 4.87. The van der Waals surface area contributed by atoms with E-state index in [1.807, 2.05) is 62.5 Å². The Morgan fingerprint density at radius 2 is 1.82 bits per heavy atom. The summed E-state index contributed by atoms with van der Waals surface area (Å²) in [5.41, 5.74) is 5.54. The number of hydrogen-bond donors (Lipinski definition) is 2. The Bertz CT molecular complexity index is 1180. The monoisotopic (exact) mass is 440 g/mol. The number of amides is 1. The number of rotatable bonds is 9. The van der Waals surface area contributed by atoms with Crippen LogP contribution in [0.2, 0.25) is 0 Å². The number of pyridine rings is 1. The van der Waals surface area contributed by atoms with Gasteiger partial charge in [-0.3, -0.25) is 9.78 Å². The van der Waals surface area contributed by atoms with Gasteiger partial charge >= 0.3 is 0 Å². The van der Waals surface area contributed by atoms with Crippen LogP contribution in [0.25, 0.3) is 22.6 Å². The Balaban J connectivity index is 1.36. The highest BCUT2D eigenvalue weighted by atomic mass is 16.5. The Labute approximate surface area is 194 Å². The average molecular weight is 441 g/mol. The van der Waals surface area contributed by atoms with Gasteiger partial charge in [0.05, 0.1) is 0 Å². The largest absolute Gasteiger partial charge is 0.356 e. The number of benzene rings is 2. The smallest absolute Gasteiger partial charge is 0.251 e. The van der Waals surface area contributed by atoms with Crippen molar-refractivity contribution in [2.45, 2.75) is 32.9 Å². The Kier molecular flexibility index (Phi) is 7.27. The maximum Gasteiger partial charge on any atom is 0.251 e. The Morgan fingerprint density at radius 1 is 0.970 bits per heavy atom. The third-order valence-corrected chi connectivity index (χ3v) is 5.23. The molecule has 0 spiro atoms. The molecule has 0 saturated carbocycles. The zero-order valence-electron chi connectivity index (χ0n) is 18.9. The molecule has 168 valence electrons. The quantitative estimate of drug-likeness (QED) is 0.363. The van der Waals surface area contributed by atoms with E-state index in [4.69, 9.17) is 4.52 Å². The zero-order valence-corrected chi connectivity index (χ0v) is 18.9. The fourth-order valence-corrected chi connectivity index (χ4v) is 3.51. The molecule has 0 fully saturated rings. The summed E-state index contributed by atoms with van der Waals surface area (Å²) in [5.74, 6) is 0.596. The molecule has 4 aromatic rings. The number of nitrogens with zero attached hydrogens (tertiary/aromatic N) is 2. The summed E-state index contributed by atoms with van der Waals surface area (Å²) in [6.07, 6.45) is 4.64. The fraction of sp³-hybridized carbons (Fsp3) is 0.222. The van der Waals surface area contributed by atoms with Crippen LogP contribution in [0.5, 0.6) is 0 Å². The first kappa shape index (κ1) is 22.4. The molecule has 2 heterocycles. The Hall–Kier alpha value is -3.77. The van der Waals surface area contributed by atoms with E-state index in [-0.39, 0.29) is 11.9 Å². The maximum atomic E-state index is 12.3. The lowest BCUT2D eigenvalue weighted by Gasteiger charge is -2.08. The first-order valence-electron chi connectivity index (χ1n) is 11.2. The topological polar surface area (TPSA) is 80.0 Å². The molecule has 33 heavy (non-hydrogen) atoms. The molecule has 6 heteroatoms. The van der Waals surface area contributed by atoms with Crippen LogP contribution in [0, 0.1) is 0 Å². The molecule has 0 atom stereocenters. The van der Waals surface area contributed by atoms with Crippen molar-refractivity contribution in [2.24, 2.45) is 0 Å². The van der Waals surface area contributed by atoms with Crippen molar-refractivity contribution in [1.82, 2.24) is 20.8 Å². The van der Waals surface area contributed by atoms with Crippen LogP contribution in [-0.4, -0.2) is 28.6 Å². The van der Waals surface area contributed by atoms with Gasteiger partial charge in [-0.05, 0) is 56.1 Å². The van der Waals surface area contributed by atoms with E-state index >= 15 is 0 Å². The summed E-state index contributed by atoms with van der Waals surface area (Å²) in [6, 6.07) is 21.7. The molecule has 1 amide bonds. The minimum Gasteiger partial charge on any atom is -0.356 e. The predicted molar refractivity (Wildman–Crippen MR) is 130 cm³/mol. The van der Waals surface area contributed by atoms with Gasteiger partial charge in [0.2, 0.25) is 0 Å². The molecule has 2 N–H and O–H groups in total. The zero-order chi connectivity index (χ0) is 23.0. The normalized spacial score (nSPS) is 11.0. The highest BCUT2D eigenvalue weighted by Crippen LogP contribution is 2.27. The highest BCUT2D eigenvalue weighted by molar-refractivity contribution is 5.95. The van der Waals surface area contributed by atoms with Crippen LogP contribution in [-0.2, 0) is 13.0 Å². The van der Waals surface area contributed by atoms with Gasteiger partial charge in [-0.1, -0.05) is 47.6 Å². The fourth-order valence-electron chi connectivity index (χ4n) is 3.51. The van der Waals surface area contributed by atoms with E-state index in [2.05, 4.69) is 39.0 Å².